The maximum Gasteiger partial charge on any atom is 0.310 e. The maximum atomic E-state index is 12.8. The van der Waals surface area contributed by atoms with Gasteiger partial charge >= 0.3 is 17.9 Å². The van der Waals surface area contributed by atoms with Crippen LogP contribution in [0, 0.1) is 0 Å². The fourth-order valence-corrected chi connectivity index (χ4v) is 8.04. The Hall–Kier alpha value is -5.23. The minimum atomic E-state index is -0.844. The zero-order valence-electron chi connectivity index (χ0n) is 50.6. The third-order valence-electron chi connectivity index (χ3n) is 12.7. The topological polar surface area (TPSA) is 78.9 Å². The fourth-order valence-electron chi connectivity index (χ4n) is 8.04. The smallest absolute Gasteiger partial charge is 0.310 e. The monoisotopic (exact) mass is 1090 g/mol. The van der Waals surface area contributed by atoms with Crippen molar-refractivity contribution in [3.05, 3.63) is 170 Å². The van der Waals surface area contributed by atoms with Gasteiger partial charge in [0.15, 0.2) is 6.10 Å². The normalized spacial score (nSPS) is 13.3. The molecule has 6 heteroatoms. The van der Waals surface area contributed by atoms with Crippen molar-refractivity contribution in [3.63, 3.8) is 0 Å². The molecule has 0 radical (unpaired) electrons. The highest BCUT2D eigenvalue weighted by molar-refractivity contribution is 5.72. The molecule has 1 unspecified atom stereocenters. The van der Waals surface area contributed by atoms with Crippen LogP contribution in [0.3, 0.4) is 0 Å². The predicted octanol–water partition coefficient (Wildman–Crippen LogP) is 21.9. The Labute approximate surface area is 485 Å². The molecule has 0 aromatic rings. The Kier molecular flexibility index (Phi) is 61.0. The molecule has 0 saturated heterocycles. The first-order valence-electron chi connectivity index (χ1n) is 31.6. The van der Waals surface area contributed by atoms with E-state index in [0.29, 0.717) is 19.3 Å². The van der Waals surface area contributed by atoms with E-state index in [9.17, 15) is 14.4 Å². The summed E-state index contributed by atoms with van der Waals surface area (Å²) in [6, 6.07) is 0. The maximum absolute atomic E-state index is 12.8. The minimum absolute atomic E-state index is 0.0876. The summed E-state index contributed by atoms with van der Waals surface area (Å²) in [6.07, 6.45) is 96.8. The quantitative estimate of drug-likeness (QED) is 0.0261. The largest absolute Gasteiger partial charge is 0.462 e. The molecular formula is C73H114O6. The second kappa shape index (κ2) is 65.3. The molecule has 0 saturated carbocycles. The van der Waals surface area contributed by atoms with Gasteiger partial charge in [-0.05, 0) is 128 Å². The average Bonchev–Trinajstić information content (AvgIpc) is 3.45. The van der Waals surface area contributed by atoms with Crippen molar-refractivity contribution in [2.45, 2.75) is 258 Å². The van der Waals surface area contributed by atoms with Gasteiger partial charge in [0, 0.05) is 12.8 Å². The number of ether oxygens (including phenoxy) is 3. The van der Waals surface area contributed by atoms with E-state index in [1.54, 1.807) is 6.08 Å². The SMILES string of the molecule is CC/C=C\C/C=C\C/C=C\C/C=C\C/C=C\C/C=C\C/C=C\C/C=C\CCCCCCCCCCCCC(=O)OCC(COC(=O)CCCCCCC/C=C\CCCC)OC(=O)C/C=C\C/C=C\C/C=C\C/C=C\C/C=C\CC. The van der Waals surface area contributed by atoms with Crippen molar-refractivity contribution in [2.24, 2.45) is 0 Å². The molecule has 442 valence electrons. The molecule has 0 aromatic carbocycles. The van der Waals surface area contributed by atoms with Gasteiger partial charge in [0.1, 0.15) is 13.2 Å². The minimum Gasteiger partial charge on any atom is -0.462 e. The number of allylic oxidation sites excluding steroid dienone is 27. The lowest BCUT2D eigenvalue weighted by Gasteiger charge is -2.18. The third kappa shape index (κ3) is 63.5. The van der Waals surface area contributed by atoms with Crippen molar-refractivity contribution in [2.75, 3.05) is 13.2 Å². The van der Waals surface area contributed by atoms with Gasteiger partial charge in [0.2, 0.25) is 0 Å². The summed E-state index contributed by atoms with van der Waals surface area (Å²) in [7, 11) is 0. The van der Waals surface area contributed by atoms with Crippen LogP contribution < -0.4 is 0 Å². The summed E-state index contributed by atoms with van der Waals surface area (Å²) in [5.74, 6) is -1.08. The van der Waals surface area contributed by atoms with Gasteiger partial charge in [-0.25, -0.2) is 0 Å². The van der Waals surface area contributed by atoms with E-state index in [4.69, 9.17) is 14.2 Å². The zero-order chi connectivity index (χ0) is 57.1. The number of unbranched alkanes of at least 4 members (excludes halogenated alkanes) is 17. The average molecular weight is 1090 g/mol. The van der Waals surface area contributed by atoms with Gasteiger partial charge in [-0.3, -0.25) is 14.4 Å². The van der Waals surface area contributed by atoms with E-state index in [1.165, 1.54) is 70.6 Å². The molecule has 0 aliphatic heterocycles. The number of hydrogen-bond donors (Lipinski definition) is 0. The Bertz CT molecular complexity index is 1820. The first-order valence-corrected chi connectivity index (χ1v) is 31.6. The Morgan fingerprint density at radius 2 is 0.532 bits per heavy atom. The molecule has 6 nitrogen and oxygen atoms in total. The molecule has 0 heterocycles. The van der Waals surface area contributed by atoms with Crippen LogP contribution in [0.15, 0.2) is 170 Å². The number of esters is 3. The van der Waals surface area contributed by atoms with Crippen LogP contribution >= 0.6 is 0 Å². The van der Waals surface area contributed by atoms with Gasteiger partial charge in [-0.2, -0.15) is 0 Å². The highest BCUT2D eigenvalue weighted by Gasteiger charge is 2.19. The molecule has 0 N–H and O–H groups in total. The van der Waals surface area contributed by atoms with Crippen LogP contribution in [0.2, 0.25) is 0 Å². The third-order valence-corrected chi connectivity index (χ3v) is 12.7. The van der Waals surface area contributed by atoms with Crippen LogP contribution in [-0.4, -0.2) is 37.2 Å². The van der Waals surface area contributed by atoms with E-state index < -0.39 is 12.1 Å². The summed E-state index contributed by atoms with van der Waals surface area (Å²) in [5, 5.41) is 0. The molecular weight excluding hydrogens is 973 g/mol. The van der Waals surface area contributed by atoms with E-state index in [1.807, 2.05) is 6.08 Å². The number of carbonyl (C=O) groups is 3. The number of hydrogen-bond acceptors (Lipinski definition) is 6. The lowest BCUT2D eigenvalue weighted by atomic mass is 10.1. The van der Waals surface area contributed by atoms with Crippen molar-refractivity contribution < 1.29 is 28.6 Å². The standard InChI is InChI=1S/C73H114O6/c1-4-7-10-13-16-19-22-24-26-27-28-29-30-31-32-33-34-35-36-37-38-39-40-41-42-43-44-45-47-48-51-54-57-60-63-66-72(75)78-69-70(68-77-71(74)65-62-59-56-53-50-21-18-15-12-9-6-3)79-73(76)67-64-61-58-55-52-49-46-25-23-20-17-14-11-8-5-2/h7-8,10-11,15-20,24-26,28-29,31-32,34-35,37-38,40-41,46,52,55,61,64,70H,4-6,9,12-14,21-23,27,30,33,36,39,42-45,47-51,53-54,56-60,62-63,65-69H2,1-3H3/b10-7-,11-8-,18-15-,19-16-,20-17-,26-24-,29-28-,32-31-,35-34-,38-37-,41-40-,46-25-,55-52-,64-61-. The van der Waals surface area contributed by atoms with E-state index in [2.05, 4.69) is 179 Å². The van der Waals surface area contributed by atoms with Crippen molar-refractivity contribution >= 4 is 17.9 Å². The lowest BCUT2D eigenvalue weighted by molar-refractivity contribution is -0.166. The van der Waals surface area contributed by atoms with Crippen LogP contribution in [0.4, 0.5) is 0 Å². The van der Waals surface area contributed by atoms with Gasteiger partial charge in [-0.15, -0.1) is 0 Å². The van der Waals surface area contributed by atoms with Gasteiger partial charge < -0.3 is 14.2 Å². The van der Waals surface area contributed by atoms with Gasteiger partial charge in [0.05, 0.1) is 6.42 Å². The number of rotatable bonds is 55. The highest BCUT2D eigenvalue weighted by Crippen LogP contribution is 2.14. The summed E-state index contributed by atoms with van der Waals surface area (Å²) in [6.45, 7) is 6.26. The summed E-state index contributed by atoms with van der Waals surface area (Å²) in [4.78, 5) is 38.1. The molecule has 79 heavy (non-hydrogen) atoms. The first-order chi connectivity index (χ1) is 39.0. The zero-order valence-corrected chi connectivity index (χ0v) is 50.6. The Morgan fingerprint density at radius 3 is 0.848 bits per heavy atom. The Balaban J connectivity index is 4.27. The number of carbonyl (C=O) groups excluding carboxylic acids is 3. The summed E-state index contributed by atoms with van der Waals surface area (Å²) < 4.78 is 16.7. The molecule has 0 fully saturated rings. The second-order valence-electron chi connectivity index (χ2n) is 20.2. The van der Waals surface area contributed by atoms with Crippen LogP contribution in [0.1, 0.15) is 252 Å². The van der Waals surface area contributed by atoms with Crippen molar-refractivity contribution in [3.8, 4) is 0 Å². The molecule has 1 atom stereocenters. The highest BCUT2D eigenvalue weighted by atomic mass is 16.6. The van der Waals surface area contributed by atoms with E-state index in [-0.39, 0.29) is 31.6 Å². The van der Waals surface area contributed by atoms with Gasteiger partial charge in [0.25, 0.3) is 0 Å². The molecule has 0 aromatic heterocycles. The summed E-state index contributed by atoms with van der Waals surface area (Å²) >= 11 is 0. The van der Waals surface area contributed by atoms with Crippen molar-refractivity contribution in [1.82, 2.24) is 0 Å². The first kappa shape index (κ1) is 73.8. The van der Waals surface area contributed by atoms with E-state index >= 15 is 0 Å². The summed E-state index contributed by atoms with van der Waals surface area (Å²) in [5.41, 5.74) is 0. The molecule has 0 rings (SSSR count). The molecule has 0 aliphatic carbocycles. The van der Waals surface area contributed by atoms with Crippen LogP contribution in [0.5, 0.6) is 0 Å². The van der Waals surface area contributed by atoms with Crippen molar-refractivity contribution in [1.29, 1.82) is 0 Å². The molecule has 0 amide bonds. The van der Waals surface area contributed by atoms with E-state index in [0.717, 1.165) is 135 Å². The molecule has 0 spiro atoms. The van der Waals surface area contributed by atoms with Crippen LogP contribution in [-0.2, 0) is 28.6 Å². The van der Waals surface area contributed by atoms with Crippen LogP contribution in [0.25, 0.3) is 0 Å². The lowest BCUT2D eigenvalue weighted by Crippen LogP contribution is -2.30. The predicted molar refractivity (Wildman–Crippen MR) is 343 cm³/mol. The fraction of sp³-hybridized carbons (Fsp3) is 0.575. The second-order valence-corrected chi connectivity index (χ2v) is 20.2. The molecule has 0 aliphatic rings. The Morgan fingerprint density at radius 1 is 0.278 bits per heavy atom. The molecule has 0 bridgehead atoms. The van der Waals surface area contributed by atoms with Gasteiger partial charge in [-0.1, -0.05) is 274 Å².